The number of morpholine rings is 1. The third kappa shape index (κ3) is 4.26. The van der Waals surface area contributed by atoms with E-state index in [1.165, 1.54) is 0 Å². The van der Waals surface area contributed by atoms with Gasteiger partial charge in [-0.3, -0.25) is 14.5 Å². The highest BCUT2D eigenvalue weighted by molar-refractivity contribution is 6.09. The summed E-state index contributed by atoms with van der Waals surface area (Å²) >= 11 is 0. The van der Waals surface area contributed by atoms with Gasteiger partial charge in [0.2, 0.25) is 5.91 Å². The predicted molar refractivity (Wildman–Crippen MR) is 117 cm³/mol. The van der Waals surface area contributed by atoms with Crippen molar-refractivity contribution in [3.05, 3.63) is 29.8 Å². The Morgan fingerprint density at radius 3 is 2.58 bits per heavy atom. The van der Waals surface area contributed by atoms with Crippen LogP contribution in [0.3, 0.4) is 0 Å². The van der Waals surface area contributed by atoms with Gasteiger partial charge in [-0.2, -0.15) is 0 Å². The van der Waals surface area contributed by atoms with Crippen molar-refractivity contribution in [2.75, 3.05) is 44.8 Å². The minimum Gasteiger partial charge on any atom is -0.378 e. The largest absolute Gasteiger partial charge is 0.378 e. The second kappa shape index (κ2) is 8.86. The number of nitrogens with zero attached hydrogens (tertiary/aromatic N) is 3. The van der Waals surface area contributed by atoms with Crippen molar-refractivity contribution >= 4 is 23.5 Å². The number of hydrogen-bond acceptors (Lipinski definition) is 5. The van der Waals surface area contributed by atoms with Gasteiger partial charge in [0, 0.05) is 32.4 Å². The highest BCUT2D eigenvalue weighted by Gasteiger charge is 2.55. The summed E-state index contributed by atoms with van der Waals surface area (Å²) in [7, 11) is 1.70. The molecule has 31 heavy (non-hydrogen) atoms. The molecule has 1 saturated carbocycles. The quantitative estimate of drug-likeness (QED) is 0.726. The van der Waals surface area contributed by atoms with Crippen LogP contribution in [0.4, 0.5) is 10.5 Å². The van der Waals surface area contributed by atoms with Gasteiger partial charge >= 0.3 is 6.03 Å². The molecule has 1 N–H and O–H groups in total. The molecule has 2 heterocycles. The fourth-order valence-corrected chi connectivity index (χ4v) is 4.89. The summed E-state index contributed by atoms with van der Waals surface area (Å²) in [5, 5.41) is 2.90. The molecule has 3 fully saturated rings. The van der Waals surface area contributed by atoms with Crippen LogP contribution in [-0.4, -0.2) is 73.1 Å². The van der Waals surface area contributed by atoms with Gasteiger partial charge in [0.05, 0.1) is 13.2 Å². The lowest BCUT2D eigenvalue weighted by molar-refractivity contribution is -0.140. The molecule has 1 aromatic rings. The van der Waals surface area contributed by atoms with Crippen LogP contribution < -0.4 is 10.2 Å². The zero-order chi connectivity index (χ0) is 22.0. The minimum absolute atomic E-state index is 0.0838. The Morgan fingerprint density at radius 1 is 1.19 bits per heavy atom. The summed E-state index contributed by atoms with van der Waals surface area (Å²) < 4.78 is 5.39. The Bertz CT molecular complexity index is 836. The Balaban J connectivity index is 1.35. The fourth-order valence-electron chi connectivity index (χ4n) is 4.89. The molecule has 0 radical (unpaired) electrons. The van der Waals surface area contributed by atoms with Gasteiger partial charge in [0.1, 0.15) is 12.1 Å². The lowest BCUT2D eigenvalue weighted by Gasteiger charge is -2.36. The monoisotopic (exact) mass is 428 g/mol. The molecule has 8 heteroatoms. The molecule has 4 amide bonds. The van der Waals surface area contributed by atoms with E-state index in [2.05, 4.69) is 22.3 Å². The lowest BCUT2D eigenvalue weighted by Crippen LogP contribution is -2.54. The fraction of sp³-hybridized carbons (Fsp3) is 0.609. The number of rotatable bonds is 5. The highest BCUT2D eigenvalue weighted by Crippen LogP contribution is 2.38. The van der Waals surface area contributed by atoms with E-state index in [9.17, 15) is 14.4 Å². The number of carbonyl (C=O) groups is 3. The van der Waals surface area contributed by atoms with Gasteiger partial charge in [-0.15, -0.1) is 0 Å². The molecule has 2 atom stereocenters. The van der Waals surface area contributed by atoms with E-state index in [1.54, 1.807) is 11.9 Å². The van der Waals surface area contributed by atoms with Gasteiger partial charge in [-0.1, -0.05) is 31.9 Å². The van der Waals surface area contributed by atoms with E-state index in [1.807, 2.05) is 19.1 Å². The van der Waals surface area contributed by atoms with E-state index in [4.69, 9.17) is 4.74 Å². The number of likely N-dealkylation sites (N-methyl/N-ethyl adjacent to an activating group) is 1. The van der Waals surface area contributed by atoms with Gasteiger partial charge < -0.3 is 19.9 Å². The Morgan fingerprint density at radius 2 is 1.90 bits per heavy atom. The van der Waals surface area contributed by atoms with Gasteiger partial charge in [0.25, 0.3) is 5.91 Å². The molecule has 8 nitrogen and oxygen atoms in total. The summed E-state index contributed by atoms with van der Waals surface area (Å²) in [4.78, 5) is 43.3. The van der Waals surface area contributed by atoms with Crippen molar-refractivity contribution < 1.29 is 19.1 Å². The normalized spacial score (nSPS) is 26.3. The number of amides is 4. The van der Waals surface area contributed by atoms with Crippen molar-refractivity contribution in [2.24, 2.45) is 5.92 Å². The first-order valence-corrected chi connectivity index (χ1v) is 11.2. The summed E-state index contributed by atoms with van der Waals surface area (Å²) in [6.45, 7) is 5.45. The molecule has 1 spiro atoms. The zero-order valence-corrected chi connectivity index (χ0v) is 18.4. The van der Waals surface area contributed by atoms with E-state index in [0.717, 1.165) is 61.7 Å². The molecule has 1 aromatic carbocycles. The maximum atomic E-state index is 13.1. The Hall–Kier alpha value is -2.61. The van der Waals surface area contributed by atoms with Crippen molar-refractivity contribution in [3.63, 3.8) is 0 Å². The van der Waals surface area contributed by atoms with Gasteiger partial charge in [-0.05, 0) is 36.5 Å². The average molecular weight is 429 g/mol. The molecule has 2 unspecified atom stereocenters. The van der Waals surface area contributed by atoms with Crippen LogP contribution in [0.5, 0.6) is 0 Å². The van der Waals surface area contributed by atoms with Crippen LogP contribution in [-0.2, 0) is 20.9 Å². The van der Waals surface area contributed by atoms with Crippen LogP contribution in [0.1, 0.15) is 38.2 Å². The first kappa shape index (κ1) is 21.6. The first-order valence-electron chi connectivity index (χ1n) is 11.2. The number of imide groups is 1. The minimum atomic E-state index is -0.830. The standard InChI is InChI=1S/C23H32N4O4/c1-17-5-3-4-10-23(17)21(29)27(22(30)24-23)16-20(28)25(2)15-18-6-8-19(9-7-18)26-11-13-31-14-12-26/h6-9,17H,3-5,10-16H2,1-2H3,(H,24,30). The summed E-state index contributed by atoms with van der Waals surface area (Å²) in [5.74, 6) is -0.414. The number of urea groups is 1. The topological polar surface area (TPSA) is 82.2 Å². The third-order valence-electron chi connectivity index (χ3n) is 6.95. The second-order valence-corrected chi connectivity index (χ2v) is 8.96. The molecular formula is C23H32N4O4. The van der Waals surface area contributed by atoms with Crippen molar-refractivity contribution in [3.8, 4) is 0 Å². The number of anilines is 1. The number of nitrogens with one attached hydrogen (secondary N) is 1. The summed E-state index contributed by atoms with van der Waals surface area (Å²) in [5.41, 5.74) is 1.32. The first-order chi connectivity index (χ1) is 14.9. The maximum absolute atomic E-state index is 13.1. The third-order valence-corrected chi connectivity index (χ3v) is 6.95. The second-order valence-electron chi connectivity index (χ2n) is 8.96. The summed E-state index contributed by atoms with van der Waals surface area (Å²) in [6, 6.07) is 7.70. The smallest absolute Gasteiger partial charge is 0.325 e. The Kier molecular flexibility index (Phi) is 6.18. The van der Waals surface area contributed by atoms with E-state index in [-0.39, 0.29) is 24.3 Å². The van der Waals surface area contributed by atoms with Crippen molar-refractivity contribution in [1.82, 2.24) is 15.1 Å². The summed E-state index contributed by atoms with van der Waals surface area (Å²) in [6.07, 6.45) is 3.54. The van der Waals surface area contributed by atoms with Crippen LogP contribution in [0.25, 0.3) is 0 Å². The SMILES string of the molecule is CC1CCCCC12NC(=O)N(CC(=O)N(C)Cc1ccc(N3CCOCC3)cc1)C2=O. The van der Waals surface area contributed by atoms with E-state index < -0.39 is 11.6 Å². The van der Waals surface area contributed by atoms with Crippen molar-refractivity contribution in [1.29, 1.82) is 0 Å². The lowest BCUT2D eigenvalue weighted by atomic mass is 9.73. The molecule has 0 bridgehead atoms. The number of ether oxygens (including phenoxy) is 1. The Labute approximate surface area is 183 Å². The van der Waals surface area contributed by atoms with Crippen LogP contribution in [0, 0.1) is 5.92 Å². The molecular weight excluding hydrogens is 396 g/mol. The van der Waals surface area contributed by atoms with Gasteiger partial charge in [0.15, 0.2) is 0 Å². The maximum Gasteiger partial charge on any atom is 0.325 e. The molecule has 2 aliphatic heterocycles. The van der Waals surface area contributed by atoms with Crippen LogP contribution in [0.2, 0.25) is 0 Å². The number of hydrogen-bond donors (Lipinski definition) is 1. The number of benzene rings is 1. The molecule has 4 rings (SSSR count). The van der Waals surface area contributed by atoms with Crippen LogP contribution in [0.15, 0.2) is 24.3 Å². The molecule has 3 aliphatic rings. The van der Waals surface area contributed by atoms with E-state index >= 15 is 0 Å². The molecule has 168 valence electrons. The van der Waals surface area contributed by atoms with Gasteiger partial charge in [-0.25, -0.2) is 4.79 Å². The van der Waals surface area contributed by atoms with Crippen molar-refractivity contribution in [2.45, 2.75) is 44.7 Å². The highest BCUT2D eigenvalue weighted by atomic mass is 16.5. The number of carbonyl (C=O) groups excluding carboxylic acids is 3. The zero-order valence-electron chi connectivity index (χ0n) is 18.4. The molecule has 2 saturated heterocycles. The predicted octanol–water partition coefficient (Wildman–Crippen LogP) is 1.98. The molecule has 1 aliphatic carbocycles. The van der Waals surface area contributed by atoms with Crippen LogP contribution >= 0.6 is 0 Å². The average Bonchev–Trinajstić information content (AvgIpc) is 3.01. The molecule has 0 aromatic heterocycles. The van der Waals surface area contributed by atoms with E-state index in [0.29, 0.717) is 13.0 Å².